The van der Waals surface area contributed by atoms with Crippen LogP contribution in [-0.4, -0.2) is 16.4 Å². The first-order valence-corrected chi connectivity index (χ1v) is 7.77. The van der Waals surface area contributed by atoms with E-state index in [-0.39, 0.29) is 0 Å². The highest BCUT2D eigenvalue weighted by molar-refractivity contribution is 5.65. The summed E-state index contributed by atoms with van der Waals surface area (Å²) in [5, 5.41) is 0. The predicted molar refractivity (Wildman–Crippen MR) is 85.7 cm³/mol. The fourth-order valence-corrected chi connectivity index (χ4v) is 3.28. The molecule has 0 spiro atoms. The Labute approximate surface area is 125 Å². The summed E-state index contributed by atoms with van der Waals surface area (Å²) >= 11 is 0. The number of nitrogen functional groups attached to an aromatic ring is 1. The number of pyridine rings is 1. The van der Waals surface area contributed by atoms with Crippen LogP contribution in [-0.2, 0) is 13.1 Å². The Morgan fingerprint density at radius 2 is 2.10 bits per heavy atom. The quantitative estimate of drug-likeness (QED) is 0.876. The lowest BCUT2D eigenvalue weighted by Crippen LogP contribution is -2.19. The van der Waals surface area contributed by atoms with Crippen LogP contribution >= 0.6 is 0 Å². The molecule has 1 saturated carbocycles. The number of nitrogens with zero attached hydrogens (tertiary/aromatic N) is 2. The number of aromatic nitrogens is 1. The van der Waals surface area contributed by atoms with Gasteiger partial charge in [0, 0.05) is 36.6 Å². The number of hydrogen-bond acceptors (Lipinski definition) is 3. The molecular weight excluding hydrogens is 258 g/mol. The van der Waals surface area contributed by atoms with Crippen LogP contribution in [0.25, 0.3) is 11.3 Å². The second-order valence-corrected chi connectivity index (χ2v) is 6.47. The molecule has 4 rings (SSSR count). The van der Waals surface area contributed by atoms with Gasteiger partial charge in [-0.25, -0.2) is 0 Å². The Balaban J connectivity index is 1.66. The average Bonchev–Trinajstić information content (AvgIpc) is 3.16. The van der Waals surface area contributed by atoms with Crippen LogP contribution in [0.3, 0.4) is 0 Å². The molecule has 0 atom stereocenters. The van der Waals surface area contributed by atoms with Crippen LogP contribution in [0.15, 0.2) is 30.3 Å². The Hall–Kier alpha value is -1.87. The molecule has 2 aromatic rings. The minimum Gasteiger partial charge on any atom is -0.399 e. The number of fused-ring (bicyclic) bond motifs is 1. The number of aryl methyl sites for hydroxylation is 1. The predicted octanol–water partition coefficient (Wildman–Crippen LogP) is 3.36. The van der Waals surface area contributed by atoms with Gasteiger partial charge in [0.2, 0.25) is 0 Å². The number of nitrogens with two attached hydrogens (primary N) is 1. The highest BCUT2D eigenvalue weighted by Gasteiger charge is 2.28. The van der Waals surface area contributed by atoms with Crippen molar-refractivity contribution in [3.05, 3.63) is 47.2 Å². The first-order chi connectivity index (χ1) is 10.2. The highest BCUT2D eigenvalue weighted by atomic mass is 15.1. The van der Waals surface area contributed by atoms with Crippen molar-refractivity contribution in [1.29, 1.82) is 0 Å². The Bertz CT molecular complexity index is 689. The van der Waals surface area contributed by atoms with Crippen molar-refractivity contribution in [2.24, 2.45) is 5.92 Å². The van der Waals surface area contributed by atoms with Gasteiger partial charge in [0.25, 0.3) is 0 Å². The molecule has 0 amide bonds. The van der Waals surface area contributed by atoms with E-state index in [1.165, 1.54) is 36.2 Å². The molecule has 2 heterocycles. The molecule has 0 unspecified atom stereocenters. The molecule has 1 aromatic carbocycles. The van der Waals surface area contributed by atoms with E-state index < -0.39 is 0 Å². The Morgan fingerprint density at radius 3 is 2.86 bits per heavy atom. The summed E-state index contributed by atoms with van der Waals surface area (Å²) in [5.41, 5.74) is 12.9. The summed E-state index contributed by atoms with van der Waals surface area (Å²) in [6.45, 7) is 5.53. The maximum absolute atomic E-state index is 5.89. The lowest BCUT2D eigenvalue weighted by atomic mass is 10.0. The molecular formula is C18H21N3. The third-order valence-corrected chi connectivity index (χ3v) is 4.59. The summed E-state index contributed by atoms with van der Waals surface area (Å²) in [5.74, 6) is 0.945. The van der Waals surface area contributed by atoms with Gasteiger partial charge in [0.1, 0.15) is 0 Å². The summed E-state index contributed by atoms with van der Waals surface area (Å²) in [6.07, 6.45) is 2.83. The summed E-state index contributed by atoms with van der Waals surface area (Å²) in [7, 11) is 0. The molecule has 2 aliphatic rings. The van der Waals surface area contributed by atoms with Crippen LogP contribution < -0.4 is 5.73 Å². The lowest BCUT2D eigenvalue weighted by molar-refractivity contribution is 0.272. The van der Waals surface area contributed by atoms with Crippen LogP contribution in [0.5, 0.6) is 0 Å². The van der Waals surface area contributed by atoms with Gasteiger partial charge in [-0.05, 0) is 55.0 Å². The van der Waals surface area contributed by atoms with Crippen molar-refractivity contribution in [2.45, 2.75) is 32.9 Å². The monoisotopic (exact) mass is 279 g/mol. The fraction of sp³-hybridized carbons (Fsp3) is 0.389. The van der Waals surface area contributed by atoms with Gasteiger partial charge >= 0.3 is 0 Å². The van der Waals surface area contributed by atoms with Crippen LogP contribution in [0.4, 0.5) is 5.69 Å². The summed E-state index contributed by atoms with van der Waals surface area (Å²) in [4.78, 5) is 7.37. The molecule has 0 bridgehead atoms. The number of rotatable bonds is 3. The van der Waals surface area contributed by atoms with Gasteiger partial charge in [-0.2, -0.15) is 0 Å². The minimum atomic E-state index is 0.794. The van der Waals surface area contributed by atoms with Crippen LogP contribution in [0, 0.1) is 12.8 Å². The van der Waals surface area contributed by atoms with E-state index in [0.29, 0.717) is 0 Å². The van der Waals surface area contributed by atoms with E-state index in [2.05, 4.69) is 24.0 Å². The third kappa shape index (κ3) is 2.54. The van der Waals surface area contributed by atoms with Crippen LogP contribution in [0.2, 0.25) is 0 Å². The molecule has 1 fully saturated rings. The summed E-state index contributed by atoms with van der Waals surface area (Å²) in [6, 6.07) is 10.3. The average molecular weight is 279 g/mol. The van der Waals surface area contributed by atoms with Crippen molar-refractivity contribution in [2.75, 3.05) is 12.3 Å². The molecule has 108 valence electrons. The molecule has 1 aliphatic heterocycles. The van der Waals surface area contributed by atoms with E-state index in [0.717, 1.165) is 36.0 Å². The minimum absolute atomic E-state index is 0.794. The number of hydrogen-bond donors (Lipinski definition) is 1. The fourth-order valence-electron chi connectivity index (χ4n) is 3.28. The van der Waals surface area contributed by atoms with E-state index in [4.69, 9.17) is 10.7 Å². The first kappa shape index (κ1) is 12.8. The second kappa shape index (κ2) is 4.85. The zero-order valence-corrected chi connectivity index (χ0v) is 12.5. The van der Waals surface area contributed by atoms with Gasteiger partial charge in [-0.3, -0.25) is 9.88 Å². The SMILES string of the molecule is Cc1nc(-c2cccc(N)c2)cc2c1CN(CC1CC1)C2. The summed E-state index contributed by atoms with van der Waals surface area (Å²) < 4.78 is 0. The molecule has 2 N–H and O–H groups in total. The molecule has 3 heteroatoms. The van der Waals surface area contributed by atoms with Gasteiger partial charge in [0.15, 0.2) is 0 Å². The van der Waals surface area contributed by atoms with E-state index in [9.17, 15) is 0 Å². The van der Waals surface area contributed by atoms with Crippen molar-refractivity contribution in [3.8, 4) is 11.3 Å². The Morgan fingerprint density at radius 1 is 1.24 bits per heavy atom. The first-order valence-electron chi connectivity index (χ1n) is 7.77. The third-order valence-electron chi connectivity index (χ3n) is 4.59. The molecule has 21 heavy (non-hydrogen) atoms. The maximum atomic E-state index is 5.89. The van der Waals surface area contributed by atoms with Crippen molar-refractivity contribution < 1.29 is 0 Å². The smallest absolute Gasteiger partial charge is 0.0709 e. The topological polar surface area (TPSA) is 42.1 Å². The molecule has 1 aromatic heterocycles. The zero-order chi connectivity index (χ0) is 14.4. The van der Waals surface area contributed by atoms with Gasteiger partial charge in [-0.15, -0.1) is 0 Å². The van der Waals surface area contributed by atoms with Crippen molar-refractivity contribution in [1.82, 2.24) is 9.88 Å². The van der Waals surface area contributed by atoms with Crippen molar-refractivity contribution >= 4 is 5.69 Å². The Kier molecular flexibility index (Phi) is 2.96. The van der Waals surface area contributed by atoms with Gasteiger partial charge in [-0.1, -0.05) is 12.1 Å². The molecule has 3 nitrogen and oxygen atoms in total. The van der Waals surface area contributed by atoms with E-state index >= 15 is 0 Å². The highest BCUT2D eigenvalue weighted by Crippen LogP contribution is 2.34. The maximum Gasteiger partial charge on any atom is 0.0709 e. The standard InChI is InChI=1S/C18H21N3/c1-12-17-11-21(9-13-5-6-13)10-15(17)8-18(20-12)14-3-2-4-16(19)7-14/h2-4,7-8,13H,5-6,9-11,19H2,1H3. The lowest BCUT2D eigenvalue weighted by Gasteiger charge is -2.13. The number of benzene rings is 1. The van der Waals surface area contributed by atoms with Gasteiger partial charge in [0.05, 0.1) is 5.69 Å². The van der Waals surface area contributed by atoms with Gasteiger partial charge < -0.3 is 5.73 Å². The van der Waals surface area contributed by atoms with Crippen molar-refractivity contribution in [3.63, 3.8) is 0 Å². The molecule has 0 saturated heterocycles. The van der Waals surface area contributed by atoms with E-state index in [1.807, 2.05) is 18.2 Å². The molecule has 1 aliphatic carbocycles. The molecule has 0 radical (unpaired) electrons. The van der Waals surface area contributed by atoms with E-state index in [1.54, 1.807) is 0 Å². The zero-order valence-electron chi connectivity index (χ0n) is 12.5. The van der Waals surface area contributed by atoms with Crippen LogP contribution in [0.1, 0.15) is 29.7 Å². The largest absolute Gasteiger partial charge is 0.399 e. The second-order valence-electron chi connectivity index (χ2n) is 6.47. The normalized spacial score (nSPS) is 18.0. The number of anilines is 1.